The van der Waals surface area contributed by atoms with Gasteiger partial charge in [0.1, 0.15) is 0 Å². The first kappa shape index (κ1) is 50.3. The number of unbranched alkanes of at least 4 members (excludes halogenated alkanes) is 25. The van der Waals surface area contributed by atoms with E-state index in [-0.39, 0.29) is 18.9 Å². The number of aliphatic hydroxyl groups excluding tert-OH is 3. The molecule has 3 unspecified atom stereocenters. The Labute approximate surface area is 323 Å². The maximum atomic E-state index is 12.4. The van der Waals surface area contributed by atoms with Crippen molar-refractivity contribution in [3.63, 3.8) is 0 Å². The lowest BCUT2D eigenvalue weighted by Gasteiger charge is -2.20. The highest BCUT2D eigenvalue weighted by atomic mass is 16.3. The van der Waals surface area contributed by atoms with Gasteiger partial charge in [0.25, 0.3) is 0 Å². The number of hydrogen-bond donors (Lipinski definition) is 4. The summed E-state index contributed by atoms with van der Waals surface area (Å²) in [7, 11) is 0. The average molecular weight is 730 g/mol. The Morgan fingerprint density at radius 2 is 0.885 bits per heavy atom. The Morgan fingerprint density at radius 1 is 0.500 bits per heavy atom. The number of rotatable bonds is 40. The van der Waals surface area contributed by atoms with E-state index in [1.54, 1.807) is 6.08 Å². The van der Waals surface area contributed by atoms with E-state index in [0.29, 0.717) is 6.42 Å². The molecule has 0 fully saturated rings. The molecule has 1 amide bonds. The van der Waals surface area contributed by atoms with Gasteiger partial charge in [0.15, 0.2) is 0 Å². The number of aliphatic hydroxyl groups is 3. The molecule has 0 aromatic carbocycles. The summed E-state index contributed by atoms with van der Waals surface area (Å²) in [5, 5.41) is 33.2. The van der Waals surface area contributed by atoms with Gasteiger partial charge in [-0.2, -0.15) is 0 Å². The molecule has 0 saturated heterocycles. The molecule has 5 heteroatoms. The number of amides is 1. The Morgan fingerprint density at radius 3 is 1.38 bits per heavy atom. The van der Waals surface area contributed by atoms with E-state index in [4.69, 9.17) is 0 Å². The molecule has 4 N–H and O–H groups in total. The SMILES string of the molecule is CCCCC/C=C\C/C=C\CCCCCCCC(O)CC(=O)NC(CO)C(O)/C=C/CC/C=C/CCCCCCCCCCCCCCCCCC. The number of carbonyl (C=O) groups is 1. The van der Waals surface area contributed by atoms with Crippen LogP contribution in [0.4, 0.5) is 0 Å². The molecule has 0 aliphatic carbocycles. The van der Waals surface area contributed by atoms with Crippen LogP contribution in [0.3, 0.4) is 0 Å². The van der Waals surface area contributed by atoms with Crippen LogP contribution in [0, 0.1) is 0 Å². The molecule has 3 atom stereocenters. The molecule has 5 nitrogen and oxygen atoms in total. The number of allylic oxidation sites excluding steroid dienone is 7. The first-order chi connectivity index (χ1) is 25.5. The third kappa shape index (κ3) is 38.0. The van der Waals surface area contributed by atoms with Gasteiger partial charge < -0.3 is 20.6 Å². The van der Waals surface area contributed by atoms with Crippen LogP contribution in [0.25, 0.3) is 0 Å². The van der Waals surface area contributed by atoms with Gasteiger partial charge in [0, 0.05) is 0 Å². The van der Waals surface area contributed by atoms with Crippen molar-refractivity contribution in [3.05, 3.63) is 48.6 Å². The number of carbonyl (C=O) groups excluding carboxylic acids is 1. The smallest absolute Gasteiger partial charge is 0.222 e. The predicted molar refractivity (Wildman–Crippen MR) is 227 cm³/mol. The lowest BCUT2D eigenvalue weighted by molar-refractivity contribution is -0.124. The van der Waals surface area contributed by atoms with E-state index in [1.165, 1.54) is 141 Å². The fourth-order valence-electron chi connectivity index (χ4n) is 6.62. The Hall–Kier alpha value is -1.69. The van der Waals surface area contributed by atoms with Crippen LogP contribution in [-0.2, 0) is 4.79 Å². The molecule has 0 aliphatic heterocycles. The molecular formula is C47H87NO4. The topological polar surface area (TPSA) is 89.8 Å². The van der Waals surface area contributed by atoms with Crippen molar-refractivity contribution in [2.45, 2.75) is 238 Å². The maximum Gasteiger partial charge on any atom is 0.222 e. The van der Waals surface area contributed by atoms with E-state index in [2.05, 4.69) is 55.6 Å². The third-order valence-electron chi connectivity index (χ3n) is 10.1. The van der Waals surface area contributed by atoms with E-state index in [0.717, 1.165) is 51.4 Å². The zero-order chi connectivity index (χ0) is 38.0. The van der Waals surface area contributed by atoms with E-state index >= 15 is 0 Å². The lowest BCUT2D eigenvalue weighted by atomic mass is 10.0. The lowest BCUT2D eigenvalue weighted by Crippen LogP contribution is -2.45. The zero-order valence-corrected chi connectivity index (χ0v) is 34.4. The first-order valence-electron chi connectivity index (χ1n) is 22.4. The van der Waals surface area contributed by atoms with Gasteiger partial charge in [-0.05, 0) is 64.2 Å². The third-order valence-corrected chi connectivity index (χ3v) is 10.1. The summed E-state index contributed by atoms with van der Waals surface area (Å²) in [6, 6.07) is -0.766. The normalized spacial score (nSPS) is 14.0. The molecule has 0 heterocycles. The highest BCUT2D eigenvalue weighted by molar-refractivity contribution is 5.76. The van der Waals surface area contributed by atoms with Gasteiger partial charge in [-0.1, -0.05) is 197 Å². The summed E-state index contributed by atoms with van der Waals surface area (Å²) in [6.07, 6.45) is 54.0. The van der Waals surface area contributed by atoms with Crippen LogP contribution in [0.2, 0.25) is 0 Å². The minimum Gasteiger partial charge on any atom is -0.394 e. The standard InChI is InChI=1S/C47H87NO4/c1-3-5-7-9-11-13-15-17-19-20-21-22-23-24-25-27-29-31-33-35-37-39-41-46(51)45(43-49)48-47(52)42-44(50)40-38-36-34-32-30-28-26-18-16-14-12-10-8-6-4-2/h12,14,18,26,31,33,39,41,44-46,49-51H,3-11,13,15-17,19-25,27-30,32,34-38,40,42-43H2,1-2H3,(H,48,52)/b14-12-,26-18-,33-31+,41-39+. The molecule has 0 aromatic heterocycles. The summed E-state index contributed by atoms with van der Waals surface area (Å²) in [5.41, 5.74) is 0. The van der Waals surface area contributed by atoms with Crippen molar-refractivity contribution in [1.82, 2.24) is 5.32 Å². The Bertz CT molecular complexity index is 850. The Kier molecular flexibility index (Phi) is 40.7. The monoisotopic (exact) mass is 730 g/mol. The van der Waals surface area contributed by atoms with Crippen molar-refractivity contribution in [1.29, 1.82) is 0 Å². The van der Waals surface area contributed by atoms with Crippen molar-refractivity contribution >= 4 is 5.91 Å². The van der Waals surface area contributed by atoms with Gasteiger partial charge >= 0.3 is 0 Å². The van der Waals surface area contributed by atoms with E-state index in [9.17, 15) is 20.1 Å². The fraction of sp³-hybridized carbons (Fsp3) is 0.809. The molecular weight excluding hydrogens is 643 g/mol. The largest absolute Gasteiger partial charge is 0.394 e. The summed E-state index contributed by atoms with van der Waals surface area (Å²) in [5.74, 6) is -0.335. The molecule has 0 bridgehead atoms. The minimum atomic E-state index is -0.956. The second-order valence-corrected chi connectivity index (χ2v) is 15.3. The van der Waals surface area contributed by atoms with Crippen LogP contribution >= 0.6 is 0 Å². The van der Waals surface area contributed by atoms with Crippen molar-refractivity contribution in [3.8, 4) is 0 Å². The molecule has 52 heavy (non-hydrogen) atoms. The second kappa shape index (κ2) is 42.1. The van der Waals surface area contributed by atoms with Gasteiger partial charge in [-0.3, -0.25) is 4.79 Å². The highest BCUT2D eigenvalue weighted by Gasteiger charge is 2.20. The molecule has 0 radical (unpaired) electrons. The number of nitrogens with one attached hydrogen (secondary N) is 1. The molecule has 0 aromatic rings. The summed E-state index contributed by atoms with van der Waals surface area (Å²) >= 11 is 0. The molecule has 0 aliphatic rings. The number of hydrogen-bond acceptors (Lipinski definition) is 4. The molecule has 0 rings (SSSR count). The van der Waals surface area contributed by atoms with Crippen LogP contribution in [-0.4, -0.2) is 46.1 Å². The van der Waals surface area contributed by atoms with Gasteiger partial charge in [0.2, 0.25) is 5.91 Å². The van der Waals surface area contributed by atoms with Crippen LogP contribution in [0.5, 0.6) is 0 Å². The Balaban J connectivity index is 3.72. The quantitative estimate of drug-likeness (QED) is 0.0373. The molecule has 0 spiro atoms. The van der Waals surface area contributed by atoms with Gasteiger partial charge in [-0.25, -0.2) is 0 Å². The van der Waals surface area contributed by atoms with Crippen molar-refractivity contribution in [2.75, 3.05) is 6.61 Å². The predicted octanol–water partition coefficient (Wildman–Crippen LogP) is 12.9. The van der Waals surface area contributed by atoms with Crippen LogP contribution in [0.1, 0.15) is 219 Å². The summed E-state index contributed by atoms with van der Waals surface area (Å²) in [4.78, 5) is 12.4. The first-order valence-corrected chi connectivity index (χ1v) is 22.4. The average Bonchev–Trinajstić information content (AvgIpc) is 3.14. The van der Waals surface area contributed by atoms with Crippen LogP contribution in [0.15, 0.2) is 48.6 Å². The minimum absolute atomic E-state index is 0.00499. The van der Waals surface area contributed by atoms with Crippen molar-refractivity contribution < 1.29 is 20.1 Å². The van der Waals surface area contributed by atoms with E-state index < -0.39 is 18.2 Å². The summed E-state index contributed by atoms with van der Waals surface area (Å²) in [6.45, 7) is 4.17. The molecule has 0 saturated carbocycles. The van der Waals surface area contributed by atoms with Crippen LogP contribution < -0.4 is 5.32 Å². The summed E-state index contributed by atoms with van der Waals surface area (Å²) < 4.78 is 0. The van der Waals surface area contributed by atoms with Crippen molar-refractivity contribution in [2.24, 2.45) is 0 Å². The van der Waals surface area contributed by atoms with Gasteiger partial charge in [-0.15, -0.1) is 0 Å². The maximum absolute atomic E-state index is 12.4. The zero-order valence-electron chi connectivity index (χ0n) is 34.4. The second-order valence-electron chi connectivity index (χ2n) is 15.3. The van der Waals surface area contributed by atoms with Gasteiger partial charge in [0.05, 0.1) is 31.3 Å². The molecule has 304 valence electrons. The van der Waals surface area contributed by atoms with E-state index in [1.807, 2.05) is 6.08 Å². The fourth-order valence-corrected chi connectivity index (χ4v) is 6.62. The highest BCUT2D eigenvalue weighted by Crippen LogP contribution is 2.15.